The molecule has 0 unspecified atom stereocenters. The van der Waals surface area contributed by atoms with E-state index < -0.39 is 0 Å². The van der Waals surface area contributed by atoms with E-state index in [0.29, 0.717) is 25.4 Å². The van der Waals surface area contributed by atoms with Crippen LogP contribution in [0.5, 0.6) is 5.75 Å². The quantitative estimate of drug-likeness (QED) is 0.416. The maximum absolute atomic E-state index is 12.0. The molecule has 1 aliphatic heterocycles. The number of amides is 1. The Bertz CT molecular complexity index is 680. The molecule has 160 valence electrons. The number of ether oxygens (including phenoxy) is 1. The van der Waals surface area contributed by atoms with Gasteiger partial charge in [-0.1, -0.05) is 25.0 Å². The van der Waals surface area contributed by atoms with Crippen LogP contribution in [0.15, 0.2) is 29.3 Å². The highest BCUT2D eigenvalue weighted by atomic mass is 16.5. The van der Waals surface area contributed by atoms with Crippen molar-refractivity contribution in [1.82, 2.24) is 15.5 Å². The first kappa shape index (κ1) is 21.3. The van der Waals surface area contributed by atoms with E-state index in [2.05, 4.69) is 31.5 Å². The minimum absolute atomic E-state index is 0.180. The van der Waals surface area contributed by atoms with Gasteiger partial charge in [0.2, 0.25) is 5.91 Å². The second-order valence-electron chi connectivity index (χ2n) is 7.82. The van der Waals surface area contributed by atoms with Crippen molar-refractivity contribution in [3.8, 4) is 5.75 Å². The van der Waals surface area contributed by atoms with Crippen LogP contribution in [-0.4, -0.2) is 70.2 Å². The van der Waals surface area contributed by atoms with Crippen LogP contribution < -0.4 is 20.3 Å². The highest BCUT2D eigenvalue weighted by molar-refractivity contribution is 5.80. The Morgan fingerprint density at radius 1 is 1.10 bits per heavy atom. The molecule has 29 heavy (non-hydrogen) atoms. The largest absolute Gasteiger partial charge is 0.495 e. The highest BCUT2D eigenvalue weighted by Crippen LogP contribution is 2.28. The minimum atomic E-state index is 0.180. The van der Waals surface area contributed by atoms with Gasteiger partial charge in [0.1, 0.15) is 5.75 Å². The van der Waals surface area contributed by atoms with Crippen LogP contribution in [0.3, 0.4) is 0 Å². The van der Waals surface area contributed by atoms with E-state index in [4.69, 9.17) is 4.74 Å². The van der Waals surface area contributed by atoms with Crippen molar-refractivity contribution in [1.29, 1.82) is 0 Å². The number of hydrogen-bond donors (Lipinski definition) is 2. The van der Waals surface area contributed by atoms with Gasteiger partial charge in [0.15, 0.2) is 5.96 Å². The molecule has 7 nitrogen and oxygen atoms in total. The summed E-state index contributed by atoms with van der Waals surface area (Å²) in [6.07, 6.45) is 5.65. The number of aliphatic imine (C=N–C) groups is 1. The van der Waals surface area contributed by atoms with Gasteiger partial charge in [-0.2, -0.15) is 0 Å². The third kappa shape index (κ3) is 6.02. The number of nitrogens with zero attached hydrogens (tertiary/aromatic N) is 3. The average Bonchev–Trinajstić information content (AvgIpc) is 3.27. The monoisotopic (exact) mass is 401 g/mol. The molecular weight excluding hydrogens is 366 g/mol. The summed E-state index contributed by atoms with van der Waals surface area (Å²) < 4.78 is 5.49. The molecule has 0 aromatic heterocycles. The number of guanidine groups is 1. The predicted molar refractivity (Wildman–Crippen MR) is 118 cm³/mol. The molecule has 0 bridgehead atoms. The second kappa shape index (κ2) is 10.9. The zero-order valence-corrected chi connectivity index (χ0v) is 17.8. The number of benzene rings is 1. The first-order valence-electron chi connectivity index (χ1n) is 10.8. The normalized spacial score (nSPS) is 18.1. The van der Waals surface area contributed by atoms with Crippen molar-refractivity contribution in [2.45, 2.75) is 32.1 Å². The SMILES string of the molecule is CN=C(NCCNC(=O)CC1CCCC1)N1CCN(c2ccccc2OC)CC1. The summed E-state index contributed by atoms with van der Waals surface area (Å²) in [6.45, 7) is 4.94. The van der Waals surface area contributed by atoms with Gasteiger partial charge >= 0.3 is 0 Å². The maximum atomic E-state index is 12.0. The number of carbonyl (C=O) groups is 1. The zero-order valence-electron chi connectivity index (χ0n) is 17.8. The summed E-state index contributed by atoms with van der Waals surface area (Å²) in [7, 11) is 3.53. The van der Waals surface area contributed by atoms with E-state index in [0.717, 1.165) is 43.6 Å². The molecule has 1 saturated carbocycles. The Morgan fingerprint density at radius 2 is 1.79 bits per heavy atom. The number of anilines is 1. The number of methoxy groups -OCH3 is 1. The number of para-hydroxylation sites is 2. The van der Waals surface area contributed by atoms with Gasteiger partial charge in [0.25, 0.3) is 0 Å². The first-order valence-corrected chi connectivity index (χ1v) is 10.8. The van der Waals surface area contributed by atoms with E-state index in [9.17, 15) is 4.79 Å². The van der Waals surface area contributed by atoms with Gasteiger partial charge in [-0.3, -0.25) is 9.79 Å². The van der Waals surface area contributed by atoms with Crippen LogP contribution in [0.2, 0.25) is 0 Å². The molecule has 2 fully saturated rings. The zero-order chi connectivity index (χ0) is 20.5. The molecular formula is C22H35N5O2. The lowest BCUT2D eigenvalue weighted by atomic mass is 10.0. The Labute approximate surface area is 174 Å². The summed E-state index contributed by atoms with van der Waals surface area (Å²) >= 11 is 0. The van der Waals surface area contributed by atoms with E-state index in [-0.39, 0.29) is 5.91 Å². The van der Waals surface area contributed by atoms with Crippen LogP contribution >= 0.6 is 0 Å². The van der Waals surface area contributed by atoms with Crippen LogP contribution in [0, 0.1) is 5.92 Å². The molecule has 1 aromatic carbocycles. The summed E-state index contributed by atoms with van der Waals surface area (Å²) in [6, 6.07) is 8.15. The summed E-state index contributed by atoms with van der Waals surface area (Å²) in [4.78, 5) is 21.1. The fourth-order valence-electron chi connectivity index (χ4n) is 4.31. The second-order valence-corrected chi connectivity index (χ2v) is 7.82. The average molecular weight is 402 g/mol. The van der Waals surface area contributed by atoms with Crippen LogP contribution in [-0.2, 0) is 4.79 Å². The van der Waals surface area contributed by atoms with Gasteiger partial charge in [-0.05, 0) is 30.9 Å². The maximum Gasteiger partial charge on any atom is 0.220 e. The molecule has 2 N–H and O–H groups in total. The number of nitrogens with one attached hydrogen (secondary N) is 2. The van der Waals surface area contributed by atoms with Gasteiger partial charge < -0.3 is 25.2 Å². The van der Waals surface area contributed by atoms with E-state index >= 15 is 0 Å². The van der Waals surface area contributed by atoms with Crippen LogP contribution in [0.25, 0.3) is 0 Å². The topological polar surface area (TPSA) is 69.2 Å². The fourth-order valence-corrected chi connectivity index (χ4v) is 4.31. The first-order chi connectivity index (χ1) is 14.2. The predicted octanol–water partition coefficient (Wildman–Crippen LogP) is 2.09. The lowest BCUT2D eigenvalue weighted by Gasteiger charge is -2.38. The molecule has 1 amide bonds. The standard InChI is InChI=1S/C22H35N5O2/c1-23-22(25-12-11-24-21(28)17-18-7-3-4-8-18)27-15-13-26(14-16-27)19-9-5-6-10-20(19)29-2/h5-6,9-10,18H,3-4,7-8,11-17H2,1-2H3,(H,23,25)(H,24,28). The van der Waals surface area contributed by atoms with Crippen LogP contribution in [0.1, 0.15) is 32.1 Å². The minimum Gasteiger partial charge on any atom is -0.495 e. The third-order valence-corrected chi connectivity index (χ3v) is 5.90. The lowest BCUT2D eigenvalue weighted by Crippen LogP contribution is -2.53. The Morgan fingerprint density at radius 3 is 2.48 bits per heavy atom. The molecule has 7 heteroatoms. The number of piperazine rings is 1. The molecule has 3 rings (SSSR count). The summed E-state index contributed by atoms with van der Waals surface area (Å²) in [5, 5.41) is 6.42. The Hall–Kier alpha value is -2.44. The number of rotatable bonds is 7. The molecule has 1 saturated heterocycles. The smallest absolute Gasteiger partial charge is 0.220 e. The molecule has 2 aliphatic rings. The lowest BCUT2D eigenvalue weighted by molar-refractivity contribution is -0.121. The Kier molecular flexibility index (Phi) is 8.02. The molecule has 1 heterocycles. The van der Waals surface area contributed by atoms with Gasteiger partial charge in [0, 0.05) is 52.7 Å². The van der Waals surface area contributed by atoms with Gasteiger partial charge in [0.05, 0.1) is 12.8 Å². The molecule has 0 atom stereocenters. The van der Waals surface area contributed by atoms with Crippen molar-refractivity contribution < 1.29 is 9.53 Å². The number of carbonyl (C=O) groups excluding carboxylic acids is 1. The summed E-state index contributed by atoms with van der Waals surface area (Å²) in [5.41, 5.74) is 1.14. The molecule has 1 aliphatic carbocycles. The van der Waals surface area contributed by atoms with Crippen molar-refractivity contribution in [2.24, 2.45) is 10.9 Å². The third-order valence-electron chi connectivity index (χ3n) is 5.90. The van der Waals surface area contributed by atoms with E-state index in [1.165, 1.54) is 25.7 Å². The molecule has 0 radical (unpaired) electrons. The number of hydrogen-bond acceptors (Lipinski definition) is 4. The van der Waals surface area contributed by atoms with Crippen molar-refractivity contribution >= 4 is 17.6 Å². The van der Waals surface area contributed by atoms with E-state index in [1.54, 1.807) is 7.11 Å². The van der Waals surface area contributed by atoms with Gasteiger partial charge in [-0.15, -0.1) is 0 Å². The van der Waals surface area contributed by atoms with E-state index in [1.807, 2.05) is 25.2 Å². The molecule has 0 spiro atoms. The van der Waals surface area contributed by atoms with Crippen molar-refractivity contribution in [3.05, 3.63) is 24.3 Å². The van der Waals surface area contributed by atoms with Crippen molar-refractivity contribution in [3.63, 3.8) is 0 Å². The van der Waals surface area contributed by atoms with Crippen molar-refractivity contribution in [2.75, 3.05) is 58.3 Å². The summed E-state index contributed by atoms with van der Waals surface area (Å²) in [5.74, 6) is 2.58. The van der Waals surface area contributed by atoms with Crippen LogP contribution in [0.4, 0.5) is 5.69 Å². The molecule has 1 aromatic rings. The fraction of sp³-hybridized carbons (Fsp3) is 0.636. The Balaban J connectivity index is 1.38. The van der Waals surface area contributed by atoms with Gasteiger partial charge in [-0.25, -0.2) is 0 Å². The highest BCUT2D eigenvalue weighted by Gasteiger charge is 2.22.